The van der Waals surface area contributed by atoms with E-state index in [2.05, 4.69) is 11.9 Å². The molecule has 186 valence electrons. The first-order valence-electron chi connectivity index (χ1n) is 11.9. The Morgan fingerprint density at radius 1 is 1.19 bits per heavy atom. The molecule has 0 spiro atoms. The van der Waals surface area contributed by atoms with Crippen LogP contribution in [-0.4, -0.2) is 27.9 Å². The number of benzene rings is 2. The number of nitrogens with zero attached hydrogens (tertiary/aromatic N) is 1. The summed E-state index contributed by atoms with van der Waals surface area (Å²) in [5.41, 5.74) is 4.65. The third-order valence-electron chi connectivity index (χ3n) is 6.60. The van der Waals surface area contributed by atoms with Crippen molar-refractivity contribution in [3.8, 4) is 11.1 Å². The van der Waals surface area contributed by atoms with Crippen LogP contribution in [0.1, 0.15) is 37.3 Å². The van der Waals surface area contributed by atoms with Crippen LogP contribution < -0.4 is 5.32 Å². The van der Waals surface area contributed by atoms with Crippen molar-refractivity contribution in [3.63, 3.8) is 0 Å². The van der Waals surface area contributed by atoms with Gasteiger partial charge in [-0.3, -0.25) is 9.59 Å². The number of allylic oxidation sites excluding steroid dienone is 2. The number of carbonyl (C=O) groups excluding carboxylic acids is 1. The van der Waals surface area contributed by atoms with Crippen molar-refractivity contribution in [3.05, 3.63) is 101 Å². The van der Waals surface area contributed by atoms with Crippen LogP contribution in [0.5, 0.6) is 0 Å². The fourth-order valence-corrected chi connectivity index (χ4v) is 4.90. The second kappa shape index (κ2) is 10.5. The third kappa shape index (κ3) is 5.14. The minimum atomic E-state index is -0.832. The monoisotopic (exact) mass is 506 g/mol. The highest BCUT2D eigenvalue weighted by atomic mass is 35.5. The van der Waals surface area contributed by atoms with Gasteiger partial charge in [0, 0.05) is 29.1 Å². The average Bonchev–Trinajstić information content (AvgIpc) is 2.81. The van der Waals surface area contributed by atoms with Crippen LogP contribution in [0.3, 0.4) is 0 Å². The Labute approximate surface area is 215 Å². The number of carboxylic acid groups (broad SMARTS) is 1. The molecule has 4 rings (SSSR count). The number of aliphatic carboxylic acids is 1. The quantitative estimate of drug-likeness (QED) is 0.428. The molecule has 0 aromatic heterocycles. The molecule has 0 bridgehead atoms. The molecular weight excluding hydrogens is 479 g/mol. The third-order valence-corrected chi connectivity index (χ3v) is 7.01. The minimum Gasteiger partial charge on any atom is -0.481 e. The lowest BCUT2D eigenvalue weighted by atomic mass is 9.80. The van der Waals surface area contributed by atoms with Gasteiger partial charge in [0.15, 0.2) is 0 Å². The summed E-state index contributed by atoms with van der Waals surface area (Å²) in [6.45, 7) is 7.90. The number of carbonyl (C=O) groups is 2. The van der Waals surface area contributed by atoms with Gasteiger partial charge in [-0.1, -0.05) is 61.5 Å². The Morgan fingerprint density at radius 2 is 1.92 bits per heavy atom. The van der Waals surface area contributed by atoms with Crippen LogP contribution in [0.4, 0.5) is 4.39 Å². The molecule has 1 aliphatic heterocycles. The molecule has 1 aliphatic carbocycles. The Kier molecular flexibility index (Phi) is 7.45. The molecule has 2 N–H and O–H groups in total. The molecule has 1 amide bonds. The molecule has 0 saturated heterocycles. The first-order chi connectivity index (χ1) is 17.2. The smallest absolute Gasteiger partial charge is 0.306 e. The van der Waals surface area contributed by atoms with Gasteiger partial charge in [0.25, 0.3) is 5.91 Å². The normalized spacial score (nSPS) is 19.8. The van der Waals surface area contributed by atoms with E-state index in [-0.39, 0.29) is 17.8 Å². The van der Waals surface area contributed by atoms with Gasteiger partial charge in [-0.15, -0.1) is 0 Å². The molecule has 2 aromatic rings. The lowest BCUT2D eigenvalue weighted by Gasteiger charge is -2.33. The summed E-state index contributed by atoms with van der Waals surface area (Å²) in [5, 5.41) is 12.3. The fourth-order valence-electron chi connectivity index (χ4n) is 4.50. The molecule has 7 heteroatoms. The van der Waals surface area contributed by atoms with E-state index in [1.165, 1.54) is 6.07 Å². The zero-order valence-corrected chi connectivity index (χ0v) is 21.0. The van der Waals surface area contributed by atoms with Gasteiger partial charge in [-0.2, -0.15) is 0 Å². The number of nitrogens with one attached hydrogen (secondary N) is 1. The number of amides is 1. The van der Waals surface area contributed by atoms with Gasteiger partial charge in [-0.25, -0.2) is 4.39 Å². The first-order valence-corrected chi connectivity index (χ1v) is 12.2. The zero-order chi connectivity index (χ0) is 26.0. The van der Waals surface area contributed by atoms with Crippen molar-refractivity contribution in [1.82, 2.24) is 10.2 Å². The van der Waals surface area contributed by atoms with Crippen molar-refractivity contribution in [1.29, 1.82) is 0 Å². The summed E-state index contributed by atoms with van der Waals surface area (Å²) in [6.07, 6.45) is 6.43. The van der Waals surface area contributed by atoms with E-state index in [9.17, 15) is 14.0 Å². The highest BCUT2D eigenvalue weighted by molar-refractivity contribution is 6.32. The van der Waals surface area contributed by atoms with E-state index in [4.69, 9.17) is 16.7 Å². The van der Waals surface area contributed by atoms with Gasteiger partial charge < -0.3 is 15.3 Å². The summed E-state index contributed by atoms with van der Waals surface area (Å²) < 4.78 is 14.8. The number of hydrogen-bond acceptors (Lipinski definition) is 3. The highest BCUT2D eigenvalue weighted by Gasteiger charge is 2.35. The minimum absolute atomic E-state index is 0.145. The van der Waals surface area contributed by atoms with Crippen molar-refractivity contribution in [2.45, 2.75) is 39.2 Å². The number of hydrogen-bond donors (Lipinski definition) is 2. The predicted octanol–water partition coefficient (Wildman–Crippen LogP) is 6.37. The first kappa shape index (κ1) is 25.5. The van der Waals surface area contributed by atoms with Gasteiger partial charge in [0.2, 0.25) is 0 Å². The number of aryl methyl sites for hydroxylation is 1. The molecule has 5 nitrogen and oxygen atoms in total. The number of halogens is 2. The maximum atomic E-state index is 14.8. The molecule has 0 radical (unpaired) electrons. The van der Waals surface area contributed by atoms with Crippen LogP contribution in [0, 0.1) is 18.7 Å². The average molecular weight is 507 g/mol. The molecule has 2 aromatic carbocycles. The second-order valence-corrected chi connectivity index (χ2v) is 9.46. The van der Waals surface area contributed by atoms with Crippen molar-refractivity contribution < 1.29 is 19.1 Å². The van der Waals surface area contributed by atoms with E-state index in [0.717, 1.165) is 22.3 Å². The summed E-state index contributed by atoms with van der Waals surface area (Å²) >= 11 is 6.88. The maximum absolute atomic E-state index is 14.8. The lowest BCUT2D eigenvalue weighted by molar-refractivity contribution is -0.146. The van der Waals surface area contributed by atoms with Crippen molar-refractivity contribution in [2.24, 2.45) is 5.92 Å². The number of carboxylic acids is 1. The molecular formula is C29H28ClFN2O3. The van der Waals surface area contributed by atoms with E-state index < -0.39 is 11.9 Å². The lowest BCUT2D eigenvalue weighted by Crippen LogP contribution is -2.47. The predicted molar refractivity (Wildman–Crippen MR) is 140 cm³/mol. The SMILES string of the molecule is C=C1C=C(C(=O)NC2CC(C(=O)O)C2)C=CN1/C(Cl)=C(\CC)c1ccccc1-c1ccc(C)cc1F. The van der Waals surface area contributed by atoms with E-state index >= 15 is 0 Å². The Bertz CT molecular complexity index is 1320. The summed E-state index contributed by atoms with van der Waals surface area (Å²) in [6, 6.07) is 12.6. The van der Waals surface area contributed by atoms with Crippen LogP contribution in [-0.2, 0) is 9.59 Å². The Balaban J connectivity index is 1.57. The maximum Gasteiger partial charge on any atom is 0.306 e. The number of rotatable bonds is 7. The summed E-state index contributed by atoms with van der Waals surface area (Å²) in [5.74, 6) is -1.81. The summed E-state index contributed by atoms with van der Waals surface area (Å²) in [7, 11) is 0. The van der Waals surface area contributed by atoms with Gasteiger partial charge in [0.05, 0.1) is 5.92 Å². The second-order valence-electron chi connectivity index (χ2n) is 9.11. The topological polar surface area (TPSA) is 69.6 Å². The molecule has 1 saturated carbocycles. The Morgan fingerprint density at radius 3 is 2.56 bits per heavy atom. The fraction of sp³-hybridized carbons (Fsp3) is 0.241. The van der Waals surface area contributed by atoms with E-state index in [0.29, 0.717) is 41.3 Å². The van der Waals surface area contributed by atoms with Crippen LogP contribution in [0.15, 0.2) is 83.8 Å². The standard InChI is InChI=1S/C29H28ClFN2O3/c1-4-22(23-7-5-6-8-24(23)25-10-9-17(2)13-26(25)31)27(30)33-12-11-19(14-18(33)3)28(34)32-21-15-20(16-21)29(35)36/h5-14,20-21H,3-4,15-16H2,1-2H3,(H,32,34)(H,35,36)/b27-22+. The Hall–Kier alpha value is -3.64. The zero-order valence-electron chi connectivity index (χ0n) is 20.2. The van der Waals surface area contributed by atoms with Crippen molar-refractivity contribution in [2.75, 3.05) is 0 Å². The highest BCUT2D eigenvalue weighted by Crippen LogP contribution is 2.37. The van der Waals surface area contributed by atoms with Crippen LogP contribution in [0.25, 0.3) is 16.7 Å². The molecule has 0 unspecified atom stereocenters. The summed E-state index contributed by atoms with van der Waals surface area (Å²) in [4.78, 5) is 25.3. The van der Waals surface area contributed by atoms with Gasteiger partial charge in [-0.05, 0) is 66.7 Å². The van der Waals surface area contributed by atoms with Crippen molar-refractivity contribution >= 4 is 29.1 Å². The van der Waals surface area contributed by atoms with Crippen LogP contribution in [0.2, 0.25) is 0 Å². The molecule has 1 fully saturated rings. The van der Waals surface area contributed by atoms with Crippen LogP contribution >= 0.6 is 11.6 Å². The molecule has 36 heavy (non-hydrogen) atoms. The molecule has 2 aliphatic rings. The molecule has 0 atom stereocenters. The van der Waals surface area contributed by atoms with Gasteiger partial charge in [0.1, 0.15) is 11.0 Å². The molecule has 1 heterocycles. The largest absolute Gasteiger partial charge is 0.481 e. The van der Waals surface area contributed by atoms with E-state index in [1.807, 2.05) is 44.2 Å². The van der Waals surface area contributed by atoms with E-state index in [1.54, 1.807) is 29.3 Å². The van der Waals surface area contributed by atoms with Gasteiger partial charge >= 0.3 is 5.97 Å².